The number of nitrogens with one attached hydrogen (secondary N) is 2. The molecule has 5 heteroatoms. The lowest BCUT2D eigenvalue weighted by atomic mass is 10.4. The molecule has 0 aliphatic rings. The fraction of sp³-hybridized carbons (Fsp3) is 0.750. The van der Waals surface area contributed by atoms with E-state index in [9.17, 15) is 0 Å². The van der Waals surface area contributed by atoms with Crippen LogP contribution in [-0.2, 0) is 13.6 Å². The normalized spacial score (nSPS) is 10.6. The van der Waals surface area contributed by atoms with Crippen LogP contribution >= 0.6 is 0 Å². The van der Waals surface area contributed by atoms with Crippen LogP contribution in [0, 0.1) is 0 Å². The minimum Gasteiger partial charge on any atom is -0.316 e. The highest BCUT2D eigenvalue weighted by atomic mass is 15.4. The maximum Gasteiger partial charge on any atom is 0.0964 e. The molecule has 0 spiro atoms. The van der Waals surface area contributed by atoms with Gasteiger partial charge in [-0.2, -0.15) is 0 Å². The van der Waals surface area contributed by atoms with Gasteiger partial charge in [-0.15, -0.1) is 5.10 Å². The van der Waals surface area contributed by atoms with Crippen LogP contribution in [0.1, 0.15) is 12.6 Å². The summed E-state index contributed by atoms with van der Waals surface area (Å²) in [5.41, 5.74) is 0.985. The Morgan fingerprint density at radius 3 is 2.77 bits per heavy atom. The lowest BCUT2D eigenvalue weighted by molar-refractivity contribution is 0.618. The molecule has 13 heavy (non-hydrogen) atoms. The number of aryl methyl sites for hydroxylation is 1. The number of aromatic nitrogens is 3. The Hall–Kier alpha value is -0.940. The predicted octanol–water partition coefficient (Wildman–Crippen LogP) is -0.486. The number of rotatable bonds is 6. The molecule has 2 N–H and O–H groups in total. The van der Waals surface area contributed by atoms with Crippen LogP contribution in [0.5, 0.6) is 0 Å². The van der Waals surface area contributed by atoms with Crippen molar-refractivity contribution >= 4 is 0 Å². The van der Waals surface area contributed by atoms with Crippen molar-refractivity contribution in [2.45, 2.75) is 13.5 Å². The molecule has 0 aliphatic carbocycles. The molecular formula is C8H17N5. The minimum atomic E-state index is 0.791. The summed E-state index contributed by atoms with van der Waals surface area (Å²) in [5, 5.41) is 14.3. The molecule has 0 aliphatic heterocycles. The van der Waals surface area contributed by atoms with Crippen LogP contribution in [0.25, 0.3) is 0 Å². The number of nitrogens with zero attached hydrogens (tertiary/aromatic N) is 3. The molecule has 1 heterocycles. The van der Waals surface area contributed by atoms with E-state index in [-0.39, 0.29) is 0 Å². The molecule has 1 aromatic heterocycles. The second-order valence-corrected chi connectivity index (χ2v) is 2.91. The smallest absolute Gasteiger partial charge is 0.0964 e. The van der Waals surface area contributed by atoms with E-state index in [1.54, 1.807) is 4.68 Å². The van der Waals surface area contributed by atoms with Crippen LogP contribution < -0.4 is 10.6 Å². The lowest BCUT2D eigenvalue weighted by Crippen LogP contribution is -2.26. The first-order valence-corrected chi connectivity index (χ1v) is 4.59. The van der Waals surface area contributed by atoms with Gasteiger partial charge in [0.05, 0.1) is 5.69 Å². The largest absolute Gasteiger partial charge is 0.316 e. The van der Waals surface area contributed by atoms with Crippen LogP contribution in [0.2, 0.25) is 0 Å². The van der Waals surface area contributed by atoms with Crippen LogP contribution in [-0.4, -0.2) is 34.6 Å². The van der Waals surface area contributed by atoms with E-state index in [0.717, 1.165) is 31.9 Å². The molecule has 0 radical (unpaired) electrons. The van der Waals surface area contributed by atoms with E-state index in [0.29, 0.717) is 0 Å². The molecule has 0 amide bonds. The van der Waals surface area contributed by atoms with Crippen LogP contribution in [0.3, 0.4) is 0 Å². The highest BCUT2D eigenvalue weighted by Gasteiger charge is 1.95. The first kappa shape index (κ1) is 10.1. The van der Waals surface area contributed by atoms with Gasteiger partial charge in [0.1, 0.15) is 0 Å². The third-order valence-corrected chi connectivity index (χ3v) is 1.68. The Labute approximate surface area is 78.5 Å². The van der Waals surface area contributed by atoms with E-state index in [1.165, 1.54) is 0 Å². The summed E-state index contributed by atoms with van der Waals surface area (Å²) in [5.74, 6) is 0. The van der Waals surface area contributed by atoms with Crippen molar-refractivity contribution in [3.63, 3.8) is 0 Å². The molecule has 1 rings (SSSR count). The average Bonchev–Trinajstić information content (AvgIpc) is 2.51. The van der Waals surface area contributed by atoms with Gasteiger partial charge in [-0.05, 0) is 6.54 Å². The molecule has 0 aromatic carbocycles. The van der Waals surface area contributed by atoms with Gasteiger partial charge < -0.3 is 10.6 Å². The summed E-state index contributed by atoms with van der Waals surface area (Å²) in [4.78, 5) is 0. The highest BCUT2D eigenvalue weighted by Crippen LogP contribution is 1.88. The van der Waals surface area contributed by atoms with Crippen LogP contribution in [0.4, 0.5) is 0 Å². The summed E-state index contributed by atoms with van der Waals surface area (Å²) in [6.45, 7) is 5.87. The van der Waals surface area contributed by atoms with Gasteiger partial charge in [-0.3, -0.25) is 4.68 Å². The van der Waals surface area contributed by atoms with Gasteiger partial charge in [0.2, 0.25) is 0 Å². The third kappa shape index (κ3) is 4.00. The first-order valence-electron chi connectivity index (χ1n) is 4.59. The van der Waals surface area contributed by atoms with Gasteiger partial charge >= 0.3 is 0 Å². The zero-order valence-corrected chi connectivity index (χ0v) is 8.25. The lowest BCUT2D eigenvalue weighted by Gasteiger charge is -2.01. The van der Waals surface area contributed by atoms with Gasteiger partial charge in [-0.1, -0.05) is 12.1 Å². The van der Waals surface area contributed by atoms with Crippen molar-refractivity contribution < 1.29 is 0 Å². The Balaban J connectivity index is 2.06. The van der Waals surface area contributed by atoms with Gasteiger partial charge in [0.15, 0.2) is 0 Å². The summed E-state index contributed by atoms with van der Waals surface area (Å²) >= 11 is 0. The fourth-order valence-corrected chi connectivity index (χ4v) is 1.05. The maximum atomic E-state index is 3.96. The molecule has 5 nitrogen and oxygen atoms in total. The van der Waals surface area contributed by atoms with E-state index in [1.807, 2.05) is 13.2 Å². The molecule has 0 atom stereocenters. The van der Waals surface area contributed by atoms with E-state index in [2.05, 4.69) is 27.9 Å². The monoisotopic (exact) mass is 183 g/mol. The summed E-state index contributed by atoms with van der Waals surface area (Å²) < 4.78 is 1.71. The number of hydrogen-bond acceptors (Lipinski definition) is 4. The Kier molecular flexibility index (Phi) is 4.42. The van der Waals surface area contributed by atoms with Crippen molar-refractivity contribution in [1.82, 2.24) is 25.6 Å². The van der Waals surface area contributed by atoms with Gasteiger partial charge in [0.25, 0.3) is 0 Å². The highest BCUT2D eigenvalue weighted by molar-refractivity contribution is 4.90. The summed E-state index contributed by atoms with van der Waals surface area (Å²) in [6.07, 6.45) is 1.92. The first-order chi connectivity index (χ1) is 6.33. The molecule has 0 fully saturated rings. The number of hydrogen-bond donors (Lipinski definition) is 2. The van der Waals surface area contributed by atoms with Crippen molar-refractivity contribution in [3.05, 3.63) is 11.9 Å². The van der Waals surface area contributed by atoms with Crippen molar-refractivity contribution in [3.8, 4) is 0 Å². The third-order valence-electron chi connectivity index (χ3n) is 1.68. The van der Waals surface area contributed by atoms with E-state index in [4.69, 9.17) is 0 Å². The molecule has 0 saturated carbocycles. The van der Waals surface area contributed by atoms with Crippen LogP contribution in [0.15, 0.2) is 6.20 Å². The molecular weight excluding hydrogens is 166 g/mol. The second kappa shape index (κ2) is 5.66. The second-order valence-electron chi connectivity index (χ2n) is 2.91. The van der Waals surface area contributed by atoms with Gasteiger partial charge in [-0.25, -0.2) is 0 Å². The fourth-order valence-electron chi connectivity index (χ4n) is 1.05. The van der Waals surface area contributed by atoms with E-state index >= 15 is 0 Å². The maximum absolute atomic E-state index is 3.96. The number of likely N-dealkylation sites (N-methyl/N-ethyl adjacent to an activating group) is 1. The Morgan fingerprint density at radius 1 is 1.38 bits per heavy atom. The molecule has 0 unspecified atom stereocenters. The summed E-state index contributed by atoms with van der Waals surface area (Å²) in [6, 6.07) is 0. The Morgan fingerprint density at radius 2 is 2.15 bits per heavy atom. The van der Waals surface area contributed by atoms with Crippen molar-refractivity contribution in [2.75, 3.05) is 19.6 Å². The summed E-state index contributed by atoms with van der Waals surface area (Å²) in [7, 11) is 1.87. The minimum absolute atomic E-state index is 0.791. The molecule has 0 saturated heterocycles. The topological polar surface area (TPSA) is 54.8 Å². The average molecular weight is 183 g/mol. The molecule has 74 valence electrons. The van der Waals surface area contributed by atoms with Crippen molar-refractivity contribution in [1.29, 1.82) is 0 Å². The molecule has 0 bridgehead atoms. The molecule has 1 aromatic rings. The standard InChI is InChI=1S/C8H17N5/c1-3-9-4-5-10-6-8-7-13(2)12-11-8/h7,9-10H,3-6H2,1-2H3. The zero-order valence-electron chi connectivity index (χ0n) is 8.25. The Bertz CT molecular complexity index is 232. The quantitative estimate of drug-likeness (QED) is 0.585. The predicted molar refractivity (Wildman–Crippen MR) is 51.3 cm³/mol. The van der Waals surface area contributed by atoms with E-state index < -0.39 is 0 Å². The SMILES string of the molecule is CCNCCNCc1cn(C)nn1. The zero-order chi connectivity index (χ0) is 9.52. The van der Waals surface area contributed by atoms with Gasteiger partial charge in [0, 0.05) is 32.9 Å². The van der Waals surface area contributed by atoms with Crippen molar-refractivity contribution in [2.24, 2.45) is 7.05 Å².